The standard InChI is InChI=1S/C27H27N7O/c1-17-26(34-14-6-5-7-25(34)31-17)21-10-13-24(33-27(35)18(2)30-4)32-23(21)12-9-19-8-11-22(28)20(15-19)16-29-3/h5-8,10-11,13-16,18,30H,28H2,1-4H3,(H,32,33,35). The molecule has 0 saturated heterocycles. The molecule has 3 heterocycles. The molecule has 176 valence electrons. The number of nitrogens with zero attached hydrogens (tertiary/aromatic N) is 4. The minimum atomic E-state index is -0.361. The van der Waals surface area contributed by atoms with E-state index in [2.05, 4.69) is 32.5 Å². The number of fused-ring (bicyclic) bond motifs is 1. The number of aliphatic imine (C=N–C) groups is 1. The molecule has 1 atom stereocenters. The van der Waals surface area contributed by atoms with Crippen LogP contribution < -0.4 is 16.4 Å². The summed E-state index contributed by atoms with van der Waals surface area (Å²) in [7, 11) is 3.43. The van der Waals surface area contributed by atoms with Gasteiger partial charge in [0.15, 0.2) is 0 Å². The Labute approximate surface area is 204 Å². The number of anilines is 2. The average molecular weight is 466 g/mol. The fourth-order valence-corrected chi connectivity index (χ4v) is 3.65. The highest BCUT2D eigenvalue weighted by Gasteiger charge is 2.17. The smallest absolute Gasteiger partial charge is 0.242 e. The van der Waals surface area contributed by atoms with E-state index < -0.39 is 0 Å². The number of nitrogens with two attached hydrogens (primary N) is 1. The monoisotopic (exact) mass is 465 g/mol. The van der Waals surface area contributed by atoms with Crippen LogP contribution in [0.25, 0.3) is 16.9 Å². The second-order valence-electron chi connectivity index (χ2n) is 8.05. The molecule has 1 amide bonds. The molecule has 3 aromatic heterocycles. The van der Waals surface area contributed by atoms with Gasteiger partial charge in [0.05, 0.1) is 17.4 Å². The topological polar surface area (TPSA) is 110 Å². The van der Waals surface area contributed by atoms with Gasteiger partial charge < -0.3 is 16.4 Å². The molecule has 0 spiro atoms. The molecule has 0 saturated carbocycles. The minimum absolute atomic E-state index is 0.181. The fraction of sp³-hybridized carbons (Fsp3) is 0.185. The third-order valence-corrected chi connectivity index (χ3v) is 5.61. The lowest BCUT2D eigenvalue weighted by atomic mass is 10.1. The van der Waals surface area contributed by atoms with Crippen molar-refractivity contribution in [2.45, 2.75) is 19.9 Å². The molecule has 0 fully saturated rings. The van der Waals surface area contributed by atoms with Crippen LogP contribution in [0.1, 0.15) is 29.4 Å². The molecule has 1 unspecified atom stereocenters. The van der Waals surface area contributed by atoms with Crippen LogP contribution in [0, 0.1) is 18.8 Å². The highest BCUT2D eigenvalue weighted by molar-refractivity contribution is 5.94. The van der Waals surface area contributed by atoms with Crippen LogP contribution in [-0.4, -0.2) is 46.6 Å². The van der Waals surface area contributed by atoms with Gasteiger partial charge in [0, 0.05) is 41.8 Å². The lowest BCUT2D eigenvalue weighted by molar-refractivity contribution is -0.117. The number of likely N-dealkylation sites (N-methyl/N-ethyl adjacent to an activating group) is 1. The van der Waals surface area contributed by atoms with Crippen LogP contribution in [0.5, 0.6) is 0 Å². The molecule has 8 nitrogen and oxygen atoms in total. The van der Waals surface area contributed by atoms with Gasteiger partial charge in [-0.1, -0.05) is 12.0 Å². The van der Waals surface area contributed by atoms with Crippen LogP contribution >= 0.6 is 0 Å². The van der Waals surface area contributed by atoms with Gasteiger partial charge in [0.2, 0.25) is 5.91 Å². The predicted octanol–water partition coefficient (Wildman–Crippen LogP) is 3.28. The van der Waals surface area contributed by atoms with E-state index in [1.807, 2.05) is 53.9 Å². The van der Waals surface area contributed by atoms with Crippen molar-refractivity contribution in [3.63, 3.8) is 0 Å². The molecule has 35 heavy (non-hydrogen) atoms. The zero-order valence-electron chi connectivity index (χ0n) is 20.1. The first-order valence-electron chi connectivity index (χ1n) is 11.2. The first-order valence-corrected chi connectivity index (χ1v) is 11.2. The second kappa shape index (κ2) is 10.2. The lowest BCUT2D eigenvalue weighted by Crippen LogP contribution is -2.35. The van der Waals surface area contributed by atoms with Gasteiger partial charge in [-0.15, -0.1) is 0 Å². The maximum Gasteiger partial charge on any atom is 0.242 e. The quantitative estimate of drug-likeness (QED) is 0.238. The third-order valence-electron chi connectivity index (χ3n) is 5.61. The number of hydrogen-bond donors (Lipinski definition) is 3. The lowest BCUT2D eigenvalue weighted by Gasteiger charge is -2.12. The molecule has 0 aliphatic heterocycles. The van der Waals surface area contributed by atoms with Gasteiger partial charge in [-0.05, 0) is 69.3 Å². The Morgan fingerprint density at radius 2 is 2.00 bits per heavy atom. The predicted molar refractivity (Wildman–Crippen MR) is 141 cm³/mol. The number of amides is 1. The van der Waals surface area contributed by atoms with Gasteiger partial charge in [0.1, 0.15) is 17.2 Å². The Kier molecular flexibility index (Phi) is 6.90. The van der Waals surface area contributed by atoms with Crippen LogP contribution in [0.15, 0.2) is 59.7 Å². The molecule has 0 bridgehead atoms. The number of carbonyl (C=O) groups excluding carboxylic acids is 1. The van der Waals surface area contributed by atoms with Crippen molar-refractivity contribution in [1.82, 2.24) is 19.7 Å². The van der Waals surface area contributed by atoms with Crippen molar-refractivity contribution in [2.75, 3.05) is 25.1 Å². The third kappa shape index (κ3) is 5.05. The number of carbonyl (C=O) groups is 1. The Bertz CT molecular complexity index is 1490. The van der Waals surface area contributed by atoms with E-state index in [1.54, 1.807) is 39.4 Å². The first kappa shape index (κ1) is 23.7. The Morgan fingerprint density at radius 1 is 1.17 bits per heavy atom. The van der Waals surface area contributed by atoms with Gasteiger partial charge in [-0.25, -0.2) is 9.97 Å². The molecule has 0 aliphatic carbocycles. The maximum absolute atomic E-state index is 12.4. The summed E-state index contributed by atoms with van der Waals surface area (Å²) < 4.78 is 2.01. The molecular formula is C27H27N7O. The minimum Gasteiger partial charge on any atom is -0.398 e. The van der Waals surface area contributed by atoms with Crippen LogP contribution in [0.3, 0.4) is 0 Å². The highest BCUT2D eigenvalue weighted by atomic mass is 16.2. The van der Waals surface area contributed by atoms with E-state index in [1.165, 1.54) is 0 Å². The largest absolute Gasteiger partial charge is 0.398 e. The van der Waals surface area contributed by atoms with Crippen molar-refractivity contribution in [2.24, 2.45) is 4.99 Å². The number of aromatic nitrogens is 3. The van der Waals surface area contributed by atoms with E-state index in [-0.39, 0.29) is 11.9 Å². The summed E-state index contributed by atoms with van der Waals surface area (Å²) in [5.74, 6) is 6.63. The summed E-state index contributed by atoms with van der Waals surface area (Å²) in [6.07, 6.45) is 3.66. The summed E-state index contributed by atoms with van der Waals surface area (Å²) in [5, 5.41) is 5.78. The normalized spacial score (nSPS) is 11.9. The molecule has 0 aliphatic rings. The SMILES string of the molecule is CN=Cc1cc(C#Cc2nc(NC(=O)C(C)NC)ccc2-c2c(C)nc3ccccn23)ccc1N. The van der Waals surface area contributed by atoms with Crippen molar-refractivity contribution in [3.8, 4) is 23.1 Å². The molecule has 4 N–H and O–H groups in total. The molecular weight excluding hydrogens is 438 g/mol. The molecule has 1 aromatic carbocycles. The zero-order chi connectivity index (χ0) is 24.9. The summed E-state index contributed by atoms with van der Waals surface area (Å²) in [4.78, 5) is 25.8. The highest BCUT2D eigenvalue weighted by Crippen LogP contribution is 2.28. The van der Waals surface area contributed by atoms with Crippen LogP contribution in [0.2, 0.25) is 0 Å². The number of aryl methyl sites for hydroxylation is 1. The van der Waals surface area contributed by atoms with Crippen molar-refractivity contribution >= 4 is 29.3 Å². The van der Waals surface area contributed by atoms with E-state index in [0.29, 0.717) is 17.2 Å². The van der Waals surface area contributed by atoms with Gasteiger partial charge >= 0.3 is 0 Å². The van der Waals surface area contributed by atoms with Crippen molar-refractivity contribution in [1.29, 1.82) is 0 Å². The number of hydrogen-bond acceptors (Lipinski definition) is 6. The fourth-order valence-electron chi connectivity index (χ4n) is 3.65. The van der Waals surface area contributed by atoms with Crippen molar-refractivity contribution < 1.29 is 4.79 Å². The molecule has 4 rings (SSSR count). The Morgan fingerprint density at radius 3 is 2.77 bits per heavy atom. The summed E-state index contributed by atoms with van der Waals surface area (Å²) in [6, 6.07) is 14.7. The van der Waals surface area contributed by atoms with Gasteiger partial charge in [0.25, 0.3) is 0 Å². The average Bonchev–Trinajstić information content (AvgIpc) is 3.19. The van der Waals surface area contributed by atoms with Gasteiger partial charge in [-0.2, -0.15) is 0 Å². The Balaban J connectivity index is 1.84. The number of nitrogen functional groups attached to an aromatic ring is 1. The first-order chi connectivity index (χ1) is 16.9. The van der Waals surface area contributed by atoms with E-state index >= 15 is 0 Å². The van der Waals surface area contributed by atoms with Gasteiger partial charge in [-0.3, -0.25) is 14.2 Å². The van der Waals surface area contributed by atoms with Crippen LogP contribution in [0.4, 0.5) is 11.5 Å². The number of imidazole rings is 1. The van der Waals surface area contributed by atoms with Crippen molar-refractivity contribution in [3.05, 3.63) is 77.2 Å². The number of rotatable bonds is 5. The number of pyridine rings is 2. The van der Waals surface area contributed by atoms with Crippen LogP contribution in [-0.2, 0) is 4.79 Å². The second-order valence-corrected chi connectivity index (χ2v) is 8.05. The molecule has 4 aromatic rings. The zero-order valence-corrected chi connectivity index (χ0v) is 20.1. The number of nitrogens with one attached hydrogen (secondary N) is 2. The molecule has 0 radical (unpaired) electrons. The number of benzene rings is 1. The van der Waals surface area contributed by atoms with E-state index in [9.17, 15) is 4.79 Å². The summed E-state index contributed by atoms with van der Waals surface area (Å²) >= 11 is 0. The summed E-state index contributed by atoms with van der Waals surface area (Å²) in [6.45, 7) is 3.74. The summed E-state index contributed by atoms with van der Waals surface area (Å²) in [5.41, 5.74) is 12.2. The Hall–Kier alpha value is -4.48. The molecule has 8 heteroatoms. The van der Waals surface area contributed by atoms with E-state index in [0.717, 1.165) is 33.7 Å². The van der Waals surface area contributed by atoms with E-state index in [4.69, 9.17) is 10.7 Å². The maximum atomic E-state index is 12.4.